The molecule has 1 atom stereocenters. The van der Waals surface area contributed by atoms with Gasteiger partial charge < -0.3 is 10.1 Å². The van der Waals surface area contributed by atoms with Crippen molar-refractivity contribution < 1.29 is 4.74 Å². The molecule has 4 heteroatoms. The molecule has 1 unspecified atom stereocenters. The van der Waals surface area contributed by atoms with E-state index in [1.165, 1.54) is 0 Å². The highest BCUT2D eigenvalue weighted by atomic mass is 79.9. The third-order valence-corrected chi connectivity index (χ3v) is 2.26. The van der Waals surface area contributed by atoms with Crippen molar-refractivity contribution in [3.05, 3.63) is 22.9 Å². The number of halogens is 1. The molecule has 1 rings (SSSR count). The van der Waals surface area contributed by atoms with Gasteiger partial charge in [0.2, 0.25) is 0 Å². The first-order chi connectivity index (χ1) is 7.26. The summed E-state index contributed by atoms with van der Waals surface area (Å²) >= 11 is 3.31. The topological polar surface area (TPSA) is 34.1 Å². The number of nitrogens with zero attached hydrogens (tertiary/aromatic N) is 1. The Morgan fingerprint density at radius 3 is 3.13 bits per heavy atom. The molecule has 0 radical (unpaired) electrons. The lowest BCUT2D eigenvalue weighted by Gasteiger charge is -2.16. The lowest BCUT2D eigenvalue weighted by atomic mass is 10.2. The second kappa shape index (κ2) is 6.44. The maximum Gasteiger partial charge on any atom is 0.108 e. The third-order valence-electron chi connectivity index (χ3n) is 1.83. The zero-order chi connectivity index (χ0) is 11.1. The molecule has 80 valence electrons. The third kappa shape index (κ3) is 4.32. The number of hydrogen-bond donors (Lipinski definition) is 1. The number of methoxy groups -OCH3 is 1. The van der Waals surface area contributed by atoms with Crippen LogP contribution >= 0.6 is 15.9 Å². The molecule has 0 amide bonds. The summed E-state index contributed by atoms with van der Waals surface area (Å²) in [4.78, 5) is 4.04. The lowest BCUT2D eigenvalue weighted by molar-refractivity contribution is 0.187. The van der Waals surface area contributed by atoms with Gasteiger partial charge in [-0.15, -0.1) is 12.3 Å². The number of aromatic nitrogens is 1. The zero-order valence-electron chi connectivity index (χ0n) is 8.53. The highest BCUT2D eigenvalue weighted by Crippen LogP contribution is 2.14. The first kappa shape index (κ1) is 12.0. The molecule has 0 aliphatic carbocycles. The van der Waals surface area contributed by atoms with E-state index in [0.717, 1.165) is 10.3 Å². The van der Waals surface area contributed by atoms with Gasteiger partial charge in [-0.3, -0.25) is 0 Å². The molecule has 0 aliphatic heterocycles. The summed E-state index contributed by atoms with van der Waals surface area (Å²) in [6.07, 6.45) is 7.64. The van der Waals surface area contributed by atoms with E-state index < -0.39 is 0 Å². The predicted octanol–water partition coefficient (Wildman–Crippen LogP) is 2.29. The fourth-order valence-electron chi connectivity index (χ4n) is 1.22. The second-order valence-corrected chi connectivity index (χ2v) is 3.88. The molecule has 0 fully saturated rings. The normalized spacial score (nSPS) is 11.8. The maximum absolute atomic E-state index is 5.28. The average Bonchev–Trinajstić information content (AvgIpc) is 2.18. The predicted molar refractivity (Wildman–Crippen MR) is 64.7 cm³/mol. The van der Waals surface area contributed by atoms with Crippen LogP contribution in [0.15, 0.2) is 22.9 Å². The van der Waals surface area contributed by atoms with E-state index in [9.17, 15) is 0 Å². The van der Waals surface area contributed by atoms with Crippen LogP contribution in [0.3, 0.4) is 0 Å². The Morgan fingerprint density at radius 1 is 1.73 bits per heavy atom. The Morgan fingerprint density at radius 2 is 2.53 bits per heavy atom. The molecule has 1 N–H and O–H groups in total. The van der Waals surface area contributed by atoms with Crippen molar-refractivity contribution in [3.8, 4) is 12.3 Å². The summed E-state index contributed by atoms with van der Waals surface area (Å²) in [5.41, 5.74) is 0.981. The Kier molecular flexibility index (Phi) is 5.16. The van der Waals surface area contributed by atoms with Crippen LogP contribution in [0.2, 0.25) is 0 Å². The van der Waals surface area contributed by atoms with E-state index in [2.05, 4.69) is 32.2 Å². The van der Waals surface area contributed by atoms with Gasteiger partial charge in [-0.05, 0) is 28.1 Å². The molecule has 3 nitrogen and oxygen atoms in total. The van der Waals surface area contributed by atoms with Crippen molar-refractivity contribution in [3.63, 3.8) is 0 Å². The van der Waals surface area contributed by atoms with Crippen molar-refractivity contribution >= 4 is 21.6 Å². The van der Waals surface area contributed by atoms with E-state index in [1.54, 1.807) is 13.3 Å². The molecule has 1 heterocycles. The molecule has 0 aliphatic rings. The molecule has 0 spiro atoms. The van der Waals surface area contributed by atoms with E-state index in [0.29, 0.717) is 13.0 Å². The van der Waals surface area contributed by atoms with Gasteiger partial charge in [0.15, 0.2) is 0 Å². The molecular formula is C11H13BrN2O. The number of ether oxygens (including phenoxy) is 1. The Labute approximate surface area is 98.4 Å². The minimum absolute atomic E-state index is 0.134. The van der Waals surface area contributed by atoms with Crippen LogP contribution in [-0.4, -0.2) is 24.7 Å². The zero-order valence-corrected chi connectivity index (χ0v) is 10.1. The first-order valence-electron chi connectivity index (χ1n) is 4.56. The monoisotopic (exact) mass is 268 g/mol. The standard InChI is InChI=1S/C11H13BrN2O/c1-3-4-10(8-15-2)14-9-5-6-13-11(12)7-9/h1,5-7,10H,4,8H2,2H3,(H,13,14). The molecule has 1 aromatic heterocycles. The van der Waals surface area contributed by atoms with Crippen molar-refractivity contribution in [1.82, 2.24) is 4.98 Å². The van der Waals surface area contributed by atoms with Crippen LogP contribution < -0.4 is 5.32 Å². The number of nitrogens with one attached hydrogen (secondary N) is 1. The Hall–Kier alpha value is -1.05. The summed E-state index contributed by atoms with van der Waals surface area (Å²) in [5.74, 6) is 2.62. The number of terminal acetylenes is 1. The van der Waals surface area contributed by atoms with Crippen LogP contribution in [0.4, 0.5) is 5.69 Å². The van der Waals surface area contributed by atoms with Crippen LogP contribution in [0.1, 0.15) is 6.42 Å². The van der Waals surface area contributed by atoms with Gasteiger partial charge in [0.05, 0.1) is 12.6 Å². The van der Waals surface area contributed by atoms with E-state index in [1.807, 2.05) is 12.1 Å². The van der Waals surface area contributed by atoms with Gasteiger partial charge in [0, 0.05) is 25.4 Å². The fourth-order valence-corrected chi connectivity index (χ4v) is 1.59. The minimum Gasteiger partial charge on any atom is -0.383 e. The SMILES string of the molecule is C#CCC(COC)Nc1ccnc(Br)c1. The highest BCUT2D eigenvalue weighted by molar-refractivity contribution is 9.10. The van der Waals surface area contributed by atoms with E-state index in [-0.39, 0.29) is 6.04 Å². The smallest absolute Gasteiger partial charge is 0.108 e. The van der Waals surface area contributed by atoms with Crippen molar-refractivity contribution in [2.45, 2.75) is 12.5 Å². The Bertz CT molecular complexity index is 349. The van der Waals surface area contributed by atoms with Crippen molar-refractivity contribution in [2.75, 3.05) is 19.0 Å². The van der Waals surface area contributed by atoms with Crippen molar-refractivity contribution in [2.24, 2.45) is 0 Å². The summed E-state index contributed by atoms with van der Waals surface area (Å²) in [5, 5.41) is 3.28. The summed E-state index contributed by atoms with van der Waals surface area (Å²) in [6, 6.07) is 3.93. The fraction of sp³-hybridized carbons (Fsp3) is 0.364. The highest BCUT2D eigenvalue weighted by Gasteiger charge is 2.06. The van der Waals surface area contributed by atoms with Crippen LogP contribution in [-0.2, 0) is 4.74 Å². The van der Waals surface area contributed by atoms with Gasteiger partial charge in [-0.2, -0.15) is 0 Å². The van der Waals surface area contributed by atoms with Gasteiger partial charge in [0.1, 0.15) is 4.60 Å². The molecule has 0 saturated heterocycles. The van der Waals surface area contributed by atoms with Crippen molar-refractivity contribution in [1.29, 1.82) is 0 Å². The largest absolute Gasteiger partial charge is 0.383 e. The molecule has 0 saturated carbocycles. The van der Waals surface area contributed by atoms with Gasteiger partial charge in [-0.25, -0.2) is 4.98 Å². The summed E-state index contributed by atoms with van der Waals surface area (Å²) in [7, 11) is 1.66. The number of hydrogen-bond acceptors (Lipinski definition) is 3. The Balaban J connectivity index is 2.61. The summed E-state index contributed by atoms with van der Waals surface area (Å²) in [6.45, 7) is 0.587. The van der Waals surface area contributed by atoms with E-state index >= 15 is 0 Å². The second-order valence-electron chi connectivity index (χ2n) is 3.07. The van der Waals surface area contributed by atoms with Gasteiger partial charge >= 0.3 is 0 Å². The van der Waals surface area contributed by atoms with Gasteiger partial charge in [-0.1, -0.05) is 0 Å². The van der Waals surface area contributed by atoms with Crippen LogP contribution in [0, 0.1) is 12.3 Å². The van der Waals surface area contributed by atoms with Crippen LogP contribution in [0.25, 0.3) is 0 Å². The number of anilines is 1. The van der Waals surface area contributed by atoms with E-state index in [4.69, 9.17) is 11.2 Å². The molecule has 15 heavy (non-hydrogen) atoms. The maximum atomic E-state index is 5.28. The quantitative estimate of drug-likeness (QED) is 0.658. The molecular weight excluding hydrogens is 256 g/mol. The minimum atomic E-state index is 0.134. The first-order valence-corrected chi connectivity index (χ1v) is 5.36. The summed E-state index contributed by atoms with van der Waals surface area (Å²) < 4.78 is 5.87. The van der Waals surface area contributed by atoms with Crippen LogP contribution in [0.5, 0.6) is 0 Å². The lowest BCUT2D eigenvalue weighted by Crippen LogP contribution is -2.24. The average molecular weight is 269 g/mol. The van der Waals surface area contributed by atoms with Gasteiger partial charge in [0.25, 0.3) is 0 Å². The number of rotatable bonds is 5. The molecule has 1 aromatic rings. The molecule has 0 aromatic carbocycles. The number of pyridine rings is 1. The molecule has 0 bridgehead atoms.